The SMILES string of the molecule is Cl.Nc1cc(C(F)(F)F)c(Cl)c(C(F)(F)F)c1. The number of nitrogen functional groups attached to an aromatic ring is 1. The molecule has 0 unspecified atom stereocenters. The number of benzene rings is 1. The van der Waals surface area contributed by atoms with Crippen LogP contribution in [0.4, 0.5) is 32.0 Å². The lowest BCUT2D eigenvalue weighted by Crippen LogP contribution is -2.13. The highest BCUT2D eigenvalue weighted by Gasteiger charge is 2.40. The Bertz CT molecular complexity index is 376. The molecule has 0 spiro atoms. The highest BCUT2D eigenvalue weighted by Crippen LogP contribution is 2.43. The number of hydrogen-bond acceptors (Lipinski definition) is 1. The standard InChI is InChI=1S/C8H4ClF6N.ClH/c9-6-4(7(10,11)12)1-3(16)2-5(6)8(13,14)15;/h1-2H,16H2;1H. The molecule has 0 heterocycles. The van der Waals surface area contributed by atoms with Crippen molar-refractivity contribution in [2.45, 2.75) is 12.4 Å². The lowest BCUT2D eigenvalue weighted by Gasteiger charge is -2.15. The minimum absolute atomic E-state index is 0. The average molecular weight is 300 g/mol. The second kappa shape index (κ2) is 4.81. The molecule has 0 saturated heterocycles. The maximum atomic E-state index is 12.3. The molecule has 98 valence electrons. The molecule has 17 heavy (non-hydrogen) atoms. The number of alkyl halides is 6. The quantitative estimate of drug-likeness (QED) is 0.558. The monoisotopic (exact) mass is 299 g/mol. The third-order valence-electron chi connectivity index (χ3n) is 1.71. The van der Waals surface area contributed by atoms with Gasteiger partial charge in [-0.15, -0.1) is 12.4 Å². The summed E-state index contributed by atoms with van der Waals surface area (Å²) in [5, 5.41) is -1.39. The Morgan fingerprint density at radius 1 is 0.882 bits per heavy atom. The summed E-state index contributed by atoms with van der Waals surface area (Å²) in [5.74, 6) is 0. The molecule has 9 heteroatoms. The number of halogens is 8. The predicted molar refractivity (Wildman–Crippen MR) is 53.1 cm³/mol. The molecule has 0 aliphatic rings. The van der Waals surface area contributed by atoms with Crippen LogP contribution in [0.3, 0.4) is 0 Å². The van der Waals surface area contributed by atoms with Crippen molar-refractivity contribution in [2.24, 2.45) is 0 Å². The van der Waals surface area contributed by atoms with E-state index in [1.807, 2.05) is 0 Å². The van der Waals surface area contributed by atoms with Gasteiger partial charge in [-0.2, -0.15) is 26.3 Å². The molecule has 1 aromatic rings. The molecule has 0 amide bonds. The van der Waals surface area contributed by atoms with Crippen molar-refractivity contribution in [3.05, 3.63) is 28.3 Å². The summed E-state index contributed by atoms with van der Waals surface area (Å²) < 4.78 is 73.7. The summed E-state index contributed by atoms with van der Waals surface area (Å²) in [5.41, 5.74) is 1.12. The average Bonchev–Trinajstić information content (AvgIpc) is 2.04. The van der Waals surface area contributed by atoms with E-state index in [1.54, 1.807) is 0 Å². The van der Waals surface area contributed by atoms with Gasteiger partial charge in [-0.1, -0.05) is 11.6 Å². The molecule has 2 N–H and O–H groups in total. The molecule has 0 radical (unpaired) electrons. The largest absolute Gasteiger partial charge is 0.417 e. The van der Waals surface area contributed by atoms with Crippen LogP contribution in [0.2, 0.25) is 5.02 Å². The Labute approximate surface area is 103 Å². The zero-order valence-corrected chi connectivity index (χ0v) is 9.36. The molecular weight excluding hydrogens is 295 g/mol. The molecule has 0 atom stereocenters. The van der Waals surface area contributed by atoms with E-state index < -0.39 is 34.2 Å². The van der Waals surface area contributed by atoms with E-state index in [0.717, 1.165) is 0 Å². The van der Waals surface area contributed by atoms with E-state index in [-0.39, 0.29) is 12.4 Å². The van der Waals surface area contributed by atoms with Crippen LogP contribution in [-0.2, 0) is 12.4 Å². The van der Waals surface area contributed by atoms with E-state index in [2.05, 4.69) is 0 Å². The van der Waals surface area contributed by atoms with Gasteiger partial charge in [0.15, 0.2) is 0 Å². The van der Waals surface area contributed by atoms with Crippen molar-refractivity contribution in [3.63, 3.8) is 0 Å². The van der Waals surface area contributed by atoms with Gasteiger partial charge in [-0.3, -0.25) is 0 Å². The smallest absolute Gasteiger partial charge is 0.399 e. The minimum atomic E-state index is -4.98. The lowest BCUT2D eigenvalue weighted by atomic mass is 10.1. The zero-order valence-electron chi connectivity index (χ0n) is 7.79. The Kier molecular flexibility index (Phi) is 4.58. The van der Waals surface area contributed by atoms with E-state index in [9.17, 15) is 26.3 Å². The first-order chi connectivity index (χ1) is 7.03. The van der Waals surface area contributed by atoms with Gasteiger partial charge in [0.1, 0.15) is 0 Å². The van der Waals surface area contributed by atoms with E-state index >= 15 is 0 Å². The second-order valence-electron chi connectivity index (χ2n) is 2.93. The molecule has 0 bridgehead atoms. The normalized spacial score (nSPS) is 12.2. The van der Waals surface area contributed by atoms with Gasteiger partial charge in [-0.25, -0.2) is 0 Å². The molecule has 0 aliphatic carbocycles. The summed E-state index contributed by atoms with van der Waals surface area (Å²) in [7, 11) is 0. The Balaban J connectivity index is 0.00000256. The molecule has 0 fully saturated rings. The van der Waals surface area contributed by atoms with Crippen LogP contribution in [0, 0.1) is 0 Å². The van der Waals surface area contributed by atoms with E-state index in [1.165, 1.54) is 0 Å². The summed E-state index contributed by atoms with van der Waals surface area (Å²) in [6, 6.07) is 0.717. The highest BCUT2D eigenvalue weighted by atomic mass is 35.5. The lowest BCUT2D eigenvalue weighted by molar-refractivity contribution is -0.142. The fraction of sp³-hybridized carbons (Fsp3) is 0.250. The molecular formula is C8H5Cl2F6N. The van der Waals surface area contributed by atoms with Crippen LogP contribution in [0.25, 0.3) is 0 Å². The van der Waals surface area contributed by atoms with Crippen LogP contribution in [0.1, 0.15) is 11.1 Å². The molecule has 1 rings (SSSR count). The summed E-state index contributed by atoms with van der Waals surface area (Å²) in [6.07, 6.45) is -9.96. The van der Waals surface area contributed by atoms with E-state index in [0.29, 0.717) is 12.1 Å². The first-order valence-corrected chi connectivity index (χ1v) is 4.14. The second-order valence-corrected chi connectivity index (χ2v) is 3.30. The van der Waals surface area contributed by atoms with Crippen LogP contribution in [-0.4, -0.2) is 0 Å². The number of hydrogen-bond donors (Lipinski definition) is 1. The fourth-order valence-electron chi connectivity index (χ4n) is 1.06. The third-order valence-corrected chi connectivity index (χ3v) is 2.11. The molecule has 1 aromatic carbocycles. The van der Waals surface area contributed by atoms with Gasteiger partial charge in [0.2, 0.25) is 0 Å². The molecule has 0 aromatic heterocycles. The topological polar surface area (TPSA) is 26.0 Å². The number of anilines is 1. The van der Waals surface area contributed by atoms with Crippen molar-refractivity contribution in [2.75, 3.05) is 5.73 Å². The zero-order chi connectivity index (χ0) is 12.7. The van der Waals surface area contributed by atoms with Crippen molar-refractivity contribution in [3.8, 4) is 0 Å². The van der Waals surface area contributed by atoms with Gasteiger partial charge >= 0.3 is 12.4 Å². The minimum Gasteiger partial charge on any atom is -0.399 e. The Morgan fingerprint density at radius 3 is 1.41 bits per heavy atom. The van der Waals surface area contributed by atoms with Gasteiger partial charge in [0.25, 0.3) is 0 Å². The first-order valence-electron chi connectivity index (χ1n) is 3.77. The highest BCUT2D eigenvalue weighted by molar-refractivity contribution is 6.32. The van der Waals surface area contributed by atoms with Crippen molar-refractivity contribution in [1.29, 1.82) is 0 Å². The van der Waals surface area contributed by atoms with Crippen LogP contribution < -0.4 is 5.73 Å². The van der Waals surface area contributed by atoms with Gasteiger partial charge in [-0.05, 0) is 12.1 Å². The van der Waals surface area contributed by atoms with Crippen LogP contribution >= 0.6 is 24.0 Å². The first kappa shape index (κ1) is 16.2. The fourth-order valence-corrected chi connectivity index (χ4v) is 1.38. The van der Waals surface area contributed by atoms with Crippen molar-refractivity contribution < 1.29 is 26.3 Å². The van der Waals surface area contributed by atoms with Gasteiger partial charge < -0.3 is 5.73 Å². The number of nitrogens with two attached hydrogens (primary N) is 1. The maximum Gasteiger partial charge on any atom is 0.417 e. The van der Waals surface area contributed by atoms with Crippen molar-refractivity contribution >= 4 is 29.7 Å². The van der Waals surface area contributed by atoms with Gasteiger partial charge in [0, 0.05) is 5.69 Å². The summed E-state index contributed by atoms with van der Waals surface area (Å²) in [4.78, 5) is 0. The molecule has 0 saturated carbocycles. The van der Waals surface area contributed by atoms with Crippen molar-refractivity contribution in [1.82, 2.24) is 0 Å². The Morgan fingerprint density at radius 2 is 1.18 bits per heavy atom. The van der Waals surface area contributed by atoms with Gasteiger partial charge in [0.05, 0.1) is 16.1 Å². The molecule has 0 aliphatic heterocycles. The van der Waals surface area contributed by atoms with E-state index in [4.69, 9.17) is 17.3 Å². The summed E-state index contributed by atoms with van der Waals surface area (Å²) in [6.45, 7) is 0. The third kappa shape index (κ3) is 3.57. The van der Waals surface area contributed by atoms with Crippen LogP contribution in [0.5, 0.6) is 0 Å². The predicted octanol–water partition coefficient (Wildman–Crippen LogP) is 4.38. The Hall–Kier alpha value is -0.820. The van der Waals surface area contributed by atoms with Crippen LogP contribution in [0.15, 0.2) is 12.1 Å². The maximum absolute atomic E-state index is 12.3. The summed E-state index contributed by atoms with van der Waals surface area (Å²) >= 11 is 5.05. The molecule has 1 nitrogen and oxygen atoms in total. The number of rotatable bonds is 0.